The van der Waals surface area contributed by atoms with Gasteiger partial charge in [-0.05, 0) is 55.9 Å². The lowest BCUT2D eigenvalue weighted by Crippen LogP contribution is -2.25. The summed E-state index contributed by atoms with van der Waals surface area (Å²) in [7, 11) is 0. The number of carbonyl (C=O) groups excluding carboxylic acids is 1. The Labute approximate surface area is 201 Å². The Balaban J connectivity index is 1.92. The van der Waals surface area contributed by atoms with Crippen LogP contribution >= 0.6 is 23.2 Å². The van der Waals surface area contributed by atoms with Crippen molar-refractivity contribution >= 4 is 34.8 Å². The van der Waals surface area contributed by atoms with E-state index in [1.165, 1.54) is 6.07 Å². The minimum absolute atomic E-state index is 0.128. The SMILES string of the molecule is C=C(Oc1ccc(C(F)(F)F)cc1Cl)C(=O)Nc1ccc(OCCCN(CC)CC)c(Cl)c1. The molecule has 1 amide bonds. The van der Waals surface area contributed by atoms with Crippen molar-refractivity contribution in [3.63, 3.8) is 0 Å². The fourth-order valence-electron chi connectivity index (χ4n) is 2.85. The highest BCUT2D eigenvalue weighted by molar-refractivity contribution is 6.32. The van der Waals surface area contributed by atoms with E-state index in [1.807, 2.05) is 0 Å². The maximum absolute atomic E-state index is 12.7. The van der Waals surface area contributed by atoms with E-state index in [9.17, 15) is 18.0 Å². The quantitative estimate of drug-likeness (QED) is 0.211. The molecule has 2 rings (SSSR count). The van der Waals surface area contributed by atoms with Gasteiger partial charge in [0.05, 0.1) is 22.2 Å². The summed E-state index contributed by atoms with van der Waals surface area (Å²) >= 11 is 12.1. The van der Waals surface area contributed by atoms with Gasteiger partial charge < -0.3 is 19.7 Å². The van der Waals surface area contributed by atoms with Gasteiger partial charge >= 0.3 is 6.18 Å². The van der Waals surface area contributed by atoms with Crippen molar-refractivity contribution in [3.05, 3.63) is 64.3 Å². The lowest BCUT2D eigenvalue weighted by Gasteiger charge is -2.18. The lowest BCUT2D eigenvalue weighted by molar-refractivity contribution is -0.137. The van der Waals surface area contributed by atoms with Gasteiger partial charge in [-0.25, -0.2) is 0 Å². The number of hydrogen-bond acceptors (Lipinski definition) is 4. The highest BCUT2D eigenvalue weighted by atomic mass is 35.5. The van der Waals surface area contributed by atoms with Gasteiger partial charge in [-0.3, -0.25) is 4.79 Å². The molecule has 0 unspecified atom stereocenters. The number of alkyl halides is 3. The van der Waals surface area contributed by atoms with Crippen LogP contribution in [0.15, 0.2) is 48.7 Å². The van der Waals surface area contributed by atoms with Gasteiger partial charge in [0.25, 0.3) is 5.91 Å². The number of ether oxygens (including phenoxy) is 2. The number of rotatable bonds is 11. The van der Waals surface area contributed by atoms with Crippen molar-refractivity contribution in [2.24, 2.45) is 0 Å². The Hall–Kier alpha value is -2.42. The second-order valence-corrected chi connectivity index (χ2v) is 7.81. The zero-order valence-corrected chi connectivity index (χ0v) is 19.8. The van der Waals surface area contributed by atoms with Crippen LogP contribution in [0.2, 0.25) is 10.0 Å². The molecule has 0 spiro atoms. The van der Waals surface area contributed by atoms with Crippen molar-refractivity contribution in [2.75, 3.05) is 31.6 Å². The fraction of sp³-hybridized carbons (Fsp3) is 0.348. The monoisotopic (exact) mass is 504 g/mol. The molecule has 0 saturated carbocycles. The number of nitrogens with zero attached hydrogens (tertiary/aromatic N) is 1. The number of nitrogens with one attached hydrogen (secondary N) is 1. The van der Waals surface area contributed by atoms with E-state index in [-0.39, 0.29) is 16.5 Å². The fourth-order valence-corrected chi connectivity index (χ4v) is 3.30. The van der Waals surface area contributed by atoms with E-state index in [1.54, 1.807) is 12.1 Å². The molecular weight excluding hydrogens is 480 g/mol. The summed E-state index contributed by atoms with van der Waals surface area (Å²) in [5.74, 6) is -0.712. The van der Waals surface area contributed by atoms with Crippen LogP contribution < -0.4 is 14.8 Å². The first kappa shape index (κ1) is 26.8. The first-order valence-electron chi connectivity index (χ1n) is 10.2. The van der Waals surface area contributed by atoms with Crippen LogP contribution in [0.3, 0.4) is 0 Å². The van der Waals surface area contributed by atoms with Crippen molar-refractivity contribution in [2.45, 2.75) is 26.4 Å². The minimum atomic E-state index is -4.54. The molecule has 180 valence electrons. The second kappa shape index (κ2) is 12.2. The topological polar surface area (TPSA) is 50.8 Å². The zero-order valence-electron chi connectivity index (χ0n) is 18.3. The van der Waals surface area contributed by atoms with Gasteiger partial charge in [-0.1, -0.05) is 43.6 Å². The first-order chi connectivity index (χ1) is 15.5. The van der Waals surface area contributed by atoms with Crippen LogP contribution in [0.1, 0.15) is 25.8 Å². The van der Waals surface area contributed by atoms with Gasteiger partial charge in [0.1, 0.15) is 11.5 Å². The summed E-state index contributed by atoms with van der Waals surface area (Å²) in [4.78, 5) is 14.6. The van der Waals surface area contributed by atoms with E-state index in [0.29, 0.717) is 29.1 Å². The highest BCUT2D eigenvalue weighted by Crippen LogP contribution is 2.35. The van der Waals surface area contributed by atoms with Gasteiger partial charge in [0.2, 0.25) is 0 Å². The van der Waals surface area contributed by atoms with Gasteiger partial charge in [-0.2, -0.15) is 13.2 Å². The molecule has 2 aromatic rings. The second-order valence-electron chi connectivity index (χ2n) is 7.00. The average molecular weight is 505 g/mol. The van der Waals surface area contributed by atoms with Crippen molar-refractivity contribution in [1.82, 2.24) is 4.90 Å². The maximum atomic E-state index is 12.7. The molecule has 0 radical (unpaired) electrons. The van der Waals surface area contributed by atoms with Crippen LogP contribution in [-0.2, 0) is 11.0 Å². The van der Waals surface area contributed by atoms with Crippen LogP contribution in [0.25, 0.3) is 0 Å². The smallest absolute Gasteiger partial charge is 0.416 e. The first-order valence-corrected chi connectivity index (χ1v) is 11.0. The number of benzene rings is 2. The third-order valence-electron chi connectivity index (χ3n) is 4.71. The Morgan fingerprint density at radius 2 is 1.70 bits per heavy atom. The molecule has 5 nitrogen and oxygen atoms in total. The molecule has 0 aliphatic carbocycles. The van der Waals surface area contributed by atoms with Gasteiger partial charge in [0.15, 0.2) is 5.76 Å². The predicted molar refractivity (Wildman–Crippen MR) is 124 cm³/mol. The summed E-state index contributed by atoms with van der Waals surface area (Å²) in [6, 6.07) is 7.27. The molecule has 0 fully saturated rings. The number of hydrogen-bond donors (Lipinski definition) is 1. The van der Waals surface area contributed by atoms with Crippen molar-refractivity contribution in [3.8, 4) is 11.5 Å². The van der Waals surface area contributed by atoms with Crippen LogP contribution in [0.5, 0.6) is 11.5 Å². The third kappa shape index (κ3) is 8.14. The average Bonchev–Trinajstić information content (AvgIpc) is 2.75. The molecule has 0 heterocycles. The standard InChI is InChI=1S/C23H25Cl2F3N2O3/c1-4-30(5-2)11-6-12-32-20-10-8-17(14-19(20)25)29-22(31)15(3)33-21-9-7-16(13-18(21)24)23(26,27)28/h7-10,13-14H,3-6,11-12H2,1-2H3,(H,29,31). The Morgan fingerprint density at radius 1 is 1.06 bits per heavy atom. The molecule has 0 aromatic heterocycles. The number of anilines is 1. The van der Waals surface area contributed by atoms with Gasteiger partial charge in [-0.15, -0.1) is 0 Å². The molecule has 10 heteroatoms. The van der Waals surface area contributed by atoms with E-state index < -0.39 is 17.6 Å². The van der Waals surface area contributed by atoms with Crippen LogP contribution in [-0.4, -0.2) is 37.0 Å². The molecule has 0 bridgehead atoms. The minimum Gasteiger partial charge on any atom is -0.492 e. The molecule has 1 N–H and O–H groups in total. The van der Waals surface area contributed by atoms with Crippen LogP contribution in [0, 0.1) is 0 Å². The molecule has 2 aromatic carbocycles. The molecular formula is C23H25Cl2F3N2O3. The van der Waals surface area contributed by atoms with E-state index in [0.717, 1.165) is 38.2 Å². The lowest BCUT2D eigenvalue weighted by atomic mass is 10.2. The molecule has 0 saturated heterocycles. The number of halogens is 5. The summed E-state index contributed by atoms with van der Waals surface area (Å²) in [6.45, 7) is 11.1. The number of carbonyl (C=O) groups is 1. The van der Waals surface area contributed by atoms with E-state index >= 15 is 0 Å². The Kier molecular flexibility index (Phi) is 9.88. The summed E-state index contributed by atoms with van der Waals surface area (Å²) in [5.41, 5.74) is -0.566. The Bertz CT molecular complexity index is 980. The van der Waals surface area contributed by atoms with E-state index in [2.05, 4.69) is 30.6 Å². The zero-order chi connectivity index (χ0) is 24.6. The normalized spacial score (nSPS) is 11.4. The molecule has 0 aliphatic heterocycles. The summed E-state index contributed by atoms with van der Waals surface area (Å²) < 4.78 is 49.2. The summed E-state index contributed by atoms with van der Waals surface area (Å²) in [6.07, 6.45) is -3.70. The summed E-state index contributed by atoms with van der Waals surface area (Å²) in [5, 5.41) is 2.56. The maximum Gasteiger partial charge on any atom is 0.416 e. The van der Waals surface area contributed by atoms with Crippen LogP contribution in [0.4, 0.5) is 18.9 Å². The number of amides is 1. The molecule has 33 heavy (non-hydrogen) atoms. The third-order valence-corrected chi connectivity index (χ3v) is 5.30. The van der Waals surface area contributed by atoms with E-state index in [4.69, 9.17) is 32.7 Å². The van der Waals surface area contributed by atoms with Gasteiger partial charge in [0, 0.05) is 12.2 Å². The van der Waals surface area contributed by atoms with Crippen molar-refractivity contribution in [1.29, 1.82) is 0 Å². The highest BCUT2D eigenvalue weighted by Gasteiger charge is 2.31. The van der Waals surface area contributed by atoms with Crippen molar-refractivity contribution < 1.29 is 27.4 Å². The molecule has 0 aliphatic rings. The Morgan fingerprint density at radius 3 is 2.27 bits per heavy atom. The molecule has 0 atom stereocenters. The largest absolute Gasteiger partial charge is 0.492 e. The predicted octanol–water partition coefficient (Wildman–Crippen LogP) is 6.65.